The van der Waals surface area contributed by atoms with E-state index in [-0.39, 0.29) is 17.3 Å². The van der Waals surface area contributed by atoms with Gasteiger partial charge in [-0.25, -0.2) is 18.1 Å². The second-order valence-electron chi connectivity index (χ2n) is 4.48. The predicted molar refractivity (Wildman–Crippen MR) is 82.8 cm³/mol. The van der Waals surface area contributed by atoms with E-state index in [1.165, 1.54) is 11.0 Å². The SMILES string of the molecule is Cn1cnc(CNS(=O)(=O)Cc2cccc(C(N)=S)c2)n1. The third-order valence-corrected chi connectivity index (χ3v) is 4.20. The van der Waals surface area contributed by atoms with Crippen LogP contribution in [-0.2, 0) is 29.4 Å². The fourth-order valence-corrected chi connectivity index (χ4v) is 2.92. The van der Waals surface area contributed by atoms with Crippen LogP contribution in [0.4, 0.5) is 0 Å². The van der Waals surface area contributed by atoms with Gasteiger partial charge in [0.1, 0.15) is 11.3 Å². The first kappa shape index (κ1) is 15.5. The zero-order chi connectivity index (χ0) is 15.5. The number of rotatable bonds is 6. The maximum Gasteiger partial charge on any atom is 0.216 e. The van der Waals surface area contributed by atoms with Crippen LogP contribution in [0.3, 0.4) is 0 Å². The minimum atomic E-state index is -3.49. The van der Waals surface area contributed by atoms with Crippen molar-refractivity contribution in [3.05, 3.63) is 47.5 Å². The van der Waals surface area contributed by atoms with Gasteiger partial charge in [0.2, 0.25) is 10.0 Å². The molecule has 2 aromatic rings. The molecule has 0 radical (unpaired) electrons. The molecule has 0 amide bonds. The molecule has 0 unspecified atom stereocenters. The molecule has 1 aromatic carbocycles. The number of benzene rings is 1. The van der Waals surface area contributed by atoms with E-state index in [0.717, 1.165) is 0 Å². The molecule has 7 nitrogen and oxygen atoms in total. The molecular formula is C12H15N5O2S2. The van der Waals surface area contributed by atoms with E-state index < -0.39 is 10.0 Å². The third-order valence-electron chi connectivity index (χ3n) is 2.67. The Bertz CT molecular complexity index is 755. The average molecular weight is 325 g/mol. The summed E-state index contributed by atoms with van der Waals surface area (Å²) in [6, 6.07) is 6.84. The summed E-state index contributed by atoms with van der Waals surface area (Å²) in [6.45, 7) is 0.0537. The fraction of sp³-hybridized carbons (Fsp3) is 0.250. The fourth-order valence-electron chi connectivity index (χ4n) is 1.72. The number of nitrogens with zero attached hydrogens (tertiary/aromatic N) is 3. The number of aryl methyl sites for hydroxylation is 1. The van der Waals surface area contributed by atoms with Crippen LogP contribution in [0.1, 0.15) is 17.0 Å². The van der Waals surface area contributed by atoms with E-state index in [2.05, 4.69) is 14.8 Å². The van der Waals surface area contributed by atoms with Crippen LogP contribution in [0.5, 0.6) is 0 Å². The molecule has 9 heteroatoms. The second-order valence-corrected chi connectivity index (χ2v) is 6.73. The molecule has 0 aliphatic rings. The highest BCUT2D eigenvalue weighted by Crippen LogP contribution is 2.09. The molecule has 0 spiro atoms. The lowest BCUT2D eigenvalue weighted by Crippen LogP contribution is -2.25. The molecule has 0 saturated carbocycles. The van der Waals surface area contributed by atoms with E-state index in [1.54, 1.807) is 31.3 Å². The molecule has 0 fully saturated rings. The molecule has 0 saturated heterocycles. The number of thiocarbonyl (C=S) groups is 1. The summed E-state index contributed by atoms with van der Waals surface area (Å²) >= 11 is 4.87. The normalized spacial score (nSPS) is 11.5. The van der Waals surface area contributed by atoms with Gasteiger partial charge in [-0.3, -0.25) is 4.68 Å². The van der Waals surface area contributed by atoms with Crippen molar-refractivity contribution in [2.24, 2.45) is 12.8 Å². The van der Waals surface area contributed by atoms with Crippen molar-refractivity contribution in [2.45, 2.75) is 12.3 Å². The van der Waals surface area contributed by atoms with E-state index >= 15 is 0 Å². The Morgan fingerprint density at radius 2 is 2.24 bits per heavy atom. The summed E-state index contributed by atoms with van der Waals surface area (Å²) < 4.78 is 28.0. The molecule has 1 heterocycles. The highest BCUT2D eigenvalue weighted by Gasteiger charge is 2.13. The molecule has 0 aliphatic heterocycles. The zero-order valence-electron chi connectivity index (χ0n) is 11.4. The summed E-state index contributed by atoms with van der Waals surface area (Å²) in [5, 5.41) is 4.00. The Morgan fingerprint density at radius 1 is 1.48 bits per heavy atom. The molecule has 0 atom stereocenters. The van der Waals surface area contributed by atoms with E-state index in [4.69, 9.17) is 18.0 Å². The lowest BCUT2D eigenvalue weighted by molar-refractivity contribution is 0.578. The van der Waals surface area contributed by atoms with E-state index in [0.29, 0.717) is 17.0 Å². The van der Waals surface area contributed by atoms with Crippen molar-refractivity contribution in [3.8, 4) is 0 Å². The number of sulfonamides is 1. The highest BCUT2D eigenvalue weighted by atomic mass is 32.2. The van der Waals surface area contributed by atoms with Gasteiger partial charge in [0.05, 0.1) is 12.3 Å². The largest absolute Gasteiger partial charge is 0.389 e. The van der Waals surface area contributed by atoms with Gasteiger partial charge in [-0.15, -0.1) is 0 Å². The molecule has 0 bridgehead atoms. The molecule has 3 N–H and O–H groups in total. The summed E-state index contributed by atoms with van der Waals surface area (Å²) in [5.74, 6) is 0.258. The van der Waals surface area contributed by atoms with Crippen molar-refractivity contribution in [1.29, 1.82) is 0 Å². The van der Waals surface area contributed by atoms with Gasteiger partial charge in [-0.1, -0.05) is 30.4 Å². The van der Waals surface area contributed by atoms with Gasteiger partial charge in [-0.2, -0.15) is 5.10 Å². The number of hydrogen-bond donors (Lipinski definition) is 2. The van der Waals surface area contributed by atoms with Gasteiger partial charge >= 0.3 is 0 Å². The number of nitrogens with two attached hydrogens (primary N) is 1. The summed E-state index contributed by atoms with van der Waals surface area (Å²) in [7, 11) is -1.77. The summed E-state index contributed by atoms with van der Waals surface area (Å²) in [4.78, 5) is 4.19. The van der Waals surface area contributed by atoms with Crippen molar-refractivity contribution in [1.82, 2.24) is 19.5 Å². The van der Waals surface area contributed by atoms with Crippen LogP contribution >= 0.6 is 12.2 Å². The molecule has 0 aliphatic carbocycles. The quantitative estimate of drug-likeness (QED) is 0.729. The third kappa shape index (κ3) is 4.59. The summed E-state index contributed by atoms with van der Waals surface area (Å²) in [6.07, 6.45) is 1.51. The lowest BCUT2D eigenvalue weighted by atomic mass is 10.1. The predicted octanol–water partition coefficient (Wildman–Crippen LogP) is 0.0689. The van der Waals surface area contributed by atoms with Crippen molar-refractivity contribution in [3.63, 3.8) is 0 Å². The first-order valence-electron chi connectivity index (χ1n) is 6.06. The maximum absolute atomic E-state index is 12.0. The Morgan fingerprint density at radius 3 is 2.86 bits per heavy atom. The number of hydrogen-bond acceptors (Lipinski definition) is 5. The molecule has 112 valence electrons. The van der Waals surface area contributed by atoms with Gasteiger partial charge < -0.3 is 5.73 Å². The topological polar surface area (TPSA) is 103 Å². The Labute approximate surface area is 128 Å². The van der Waals surface area contributed by atoms with Crippen LogP contribution in [0, 0.1) is 0 Å². The van der Waals surface area contributed by atoms with Crippen molar-refractivity contribution < 1.29 is 8.42 Å². The minimum Gasteiger partial charge on any atom is -0.389 e. The molecule has 1 aromatic heterocycles. The zero-order valence-corrected chi connectivity index (χ0v) is 13.0. The van der Waals surface area contributed by atoms with E-state index in [9.17, 15) is 8.42 Å². The van der Waals surface area contributed by atoms with Gasteiger partial charge in [0, 0.05) is 12.6 Å². The van der Waals surface area contributed by atoms with Gasteiger partial charge in [0.25, 0.3) is 0 Å². The smallest absolute Gasteiger partial charge is 0.216 e. The standard InChI is InChI=1S/C12H15N5O2S2/c1-17-8-14-11(16-17)6-15-21(18,19)7-9-3-2-4-10(5-9)12(13)20/h2-5,8,15H,6-7H2,1H3,(H2,13,20). The van der Waals surface area contributed by atoms with Crippen molar-refractivity contribution in [2.75, 3.05) is 0 Å². The highest BCUT2D eigenvalue weighted by molar-refractivity contribution is 7.88. The summed E-state index contributed by atoms with van der Waals surface area (Å²) in [5.41, 5.74) is 6.79. The average Bonchev–Trinajstić information content (AvgIpc) is 2.82. The Balaban J connectivity index is 2.03. The van der Waals surface area contributed by atoms with Gasteiger partial charge in [-0.05, 0) is 11.6 Å². The lowest BCUT2D eigenvalue weighted by Gasteiger charge is -2.06. The molecular weight excluding hydrogens is 310 g/mol. The van der Waals surface area contributed by atoms with Crippen LogP contribution < -0.4 is 10.5 Å². The second kappa shape index (κ2) is 6.29. The van der Waals surface area contributed by atoms with Crippen LogP contribution in [0.2, 0.25) is 0 Å². The van der Waals surface area contributed by atoms with Crippen LogP contribution in [0.25, 0.3) is 0 Å². The Hall–Kier alpha value is -1.84. The first-order chi connectivity index (χ1) is 9.85. The van der Waals surface area contributed by atoms with Crippen LogP contribution in [-0.4, -0.2) is 28.2 Å². The van der Waals surface area contributed by atoms with Gasteiger partial charge in [0.15, 0.2) is 5.82 Å². The number of aromatic nitrogens is 3. The monoisotopic (exact) mass is 325 g/mol. The van der Waals surface area contributed by atoms with E-state index in [1.807, 2.05) is 0 Å². The first-order valence-corrected chi connectivity index (χ1v) is 8.12. The Kier molecular flexibility index (Phi) is 4.66. The van der Waals surface area contributed by atoms with Crippen LogP contribution in [0.15, 0.2) is 30.6 Å². The maximum atomic E-state index is 12.0. The minimum absolute atomic E-state index is 0.0537. The molecule has 2 rings (SSSR count). The molecule has 21 heavy (non-hydrogen) atoms. The number of nitrogens with one attached hydrogen (secondary N) is 1. The van der Waals surface area contributed by atoms with Crippen molar-refractivity contribution >= 4 is 27.2 Å².